The molecular weight excluding hydrogens is 234 g/mol. The minimum absolute atomic E-state index is 0.575. The lowest BCUT2D eigenvalue weighted by Crippen LogP contribution is -2.31. The highest BCUT2D eigenvalue weighted by Crippen LogP contribution is 2.16. The third-order valence-corrected chi connectivity index (χ3v) is 3.39. The van der Waals surface area contributed by atoms with Gasteiger partial charge in [0, 0.05) is 30.9 Å². The number of rotatable bonds is 9. The van der Waals surface area contributed by atoms with Gasteiger partial charge in [0.25, 0.3) is 0 Å². The minimum atomic E-state index is 0.575. The van der Waals surface area contributed by atoms with E-state index in [0.717, 1.165) is 18.9 Å². The molecule has 0 saturated carbocycles. The van der Waals surface area contributed by atoms with Crippen LogP contribution in [0.25, 0.3) is 0 Å². The van der Waals surface area contributed by atoms with Crippen molar-refractivity contribution < 1.29 is 0 Å². The molecule has 1 N–H and O–H groups in total. The summed E-state index contributed by atoms with van der Waals surface area (Å²) in [6, 6.07) is 4.78. The molecule has 0 aromatic carbocycles. The van der Waals surface area contributed by atoms with Crippen LogP contribution in [0.15, 0.2) is 18.3 Å². The summed E-state index contributed by atoms with van der Waals surface area (Å²) in [4.78, 5) is 6.97. The van der Waals surface area contributed by atoms with Crippen LogP contribution in [0.1, 0.15) is 52.5 Å². The number of nitrogens with zero attached hydrogens (tertiary/aromatic N) is 2. The molecule has 1 rings (SSSR count). The van der Waals surface area contributed by atoms with E-state index >= 15 is 0 Å². The second kappa shape index (κ2) is 8.92. The number of hydrogen-bond acceptors (Lipinski definition) is 3. The van der Waals surface area contributed by atoms with Crippen LogP contribution >= 0.6 is 0 Å². The average molecular weight is 263 g/mol. The first kappa shape index (κ1) is 16.0. The molecule has 0 saturated heterocycles. The second-order valence-electron chi connectivity index (χ2n) is 5.31. The first-order chi connectivity index (χ1) is 9.19. The molecule has 0 aliphatic rings. The Balaban J connectivity index is 2.67. The van der Waals surface area contributed by atoms with Gasteiger partial charge in [-0.05, 0) is 39.8 Å². The van der Waals surface area contributed by atoms with Crippen molar-refractivity contribution in [2.75, 3.05) is 18.4 Å². The molecule has 19 heavy (non-hydrogen) atoms. The van der Waals surface area contributed by atoms with E-state index in [1.165, 1.54) is 31.4 Å². The summed E-state index contributed by atoms with van der Waals surface area (Å²) < 4.78 is 0. The predicted molar refractivity (Wildman–Crippen MR) is 83.5 cm³/mol. The number of pyridine rings is 1. The molecule has 3 heteroatoms. The topological polar surface area (TPSA) is 28.2 Å². The summed E-state index contributed by atoms with van der Waals surface area (Å²) in [6.07, 6.45) is 5.74. The van der Waals surface area contributed by atoms with Crippen LogP contribution in [-0.4, -0.2) is 29.0 Å². The Labute approximate surface area is 118 Å². The second-order valence-corrected chi connectivity index (χ2v) is 5.31. The molecule has 3 nitrogen and oxygen atoms in total. The molecular formula is C16H29N3. The first-order valence-corrected chi connectivity index (χ1v) is 7.60. The van der Waals surface area contributed by atoms with Crippen LogP contribution in [0.5, 0.6) is 0 Å². The summed E-state index contributed by atoms with van der Waals surface area (Å²) in [5, 5.41) is 3.35. The number of aromatic nitrogens is 1. The normalized spacial score (nSPS) is 11.3. The van der Waals surface area contributed by atoms with Gasteiger partial charge in [-0.25, -0.2) is 4.98 Å². The van der Waals surface area contributed by atoms with E-state index in [4.69, 9.17) is 0 Å². The smallest absolute Gasteiger partial charge is 0.130 e. The molecule has 0 unspecified atom stereocenters. The van der Waals surface area contributed by atoms with Gasteiger partial charge in [0.05, 0.1) is 0 Å². The maximum Gasteiger partial charge on any atom is 0.130 e. The fraction of sp³-hybridized carbons (Fsp3) is 0.688. The van der Waals surface area contributed by atoms with Crippen molar-refractivity contribution in [3.8, 4) is 0 Å². The van der Waals surface area contributed by atoms with E-state index in [9.17, 15) is 0 Å². The molecule has 0 bridgehead atoms. The summed E-state index contributed by atoms with van der Waals surface area (Å²) in [5.41, 5.74) is 1.30. The van der Waals surface area contributed by atoms with Crippen molar-refractivity contribution in [1.29, 1.82) is 0 Å². The molecule has 0 amide bonds. The molecule has 1 aromatic rings. The van der Waals surface area contributed by atoms with Crippen LogP contribution in [0.3, 0.4) is 0 Å². The zero-order valence-electron chi connectivity index (χ0n) is 12.9. The van der Waals surface area contributed by atoms with Crippen LogP contribution in [0.4, 0.5) is 5.82 Å². The first-order valence-electron chi connectivity index (χ1n) is 7.60. The molecule has 0 aliphatic carbocycles. The number of anilines is 1. The van der Waals surface area contributed by atoms with Crippen molar-refractivity contribution in [2.24, 2.45) is 0 Å². The van der Waals surface area contributed by atoms with E-state index in [0.29, 0.717) is 6.04 Å². The molecule has 1 aromatic heterocycles. The fourth-order valence-corrected chi connectivity index (χ4v) is 2.20. The number of unbranched alkanes of at least 4 members (excludes halogenated alkanes) is 2. The largest absolute Gasteiger partial charge is 0.370 e. The lowest BCUT2D eigenvalue weighted by Gasteiger charge is -2.27. The highest BCUT2D eigenvalue weighted by Gasteiger charge is 2.12. The van der Waals surface area contributed by atoms with Crippen molar-refractivity contribution in [3.05, 3.63) is 23.9 Å². The van der Waals surface area contributed by atoms with Crippen molar-refractivity contribution in [1.82, 2.24) is 9.88 Å². The Morgan fingerprint density at radius 3 is 2.68 bits per heavy atom. The van der Waals surface area contributed by atoms with E-state index in [-0.39, 0.29) is 0 Å². The average Bonchev–Trinajstić information content (AvgIpc) is 2.40. The standard InChI is InChI=1S/C16H29N3/c1-5-7-8-12-19(14(3)4)13-15-10-9-11-18-16(15)17-6-2/h9-11,14H,5-8,12-13H2,1-4H3,(H,17,18). The lowest BCUT2D eigenvalue weighted by molar-refractivity contribution is 0.208. The summed E-state index contributed by atoms with van der Waals surface area (Å²) in [7, 11) is 0. The molecule has 0 aliphatic heterocycles. The minimum Gasteiger partial charge on any atom is -0.370 e. The van der Waals surface area contributed by atoms with Crippen LogP contribution < -0.4 is 5.32 Å². The van der Waals surface area contributed by atoms with Crippen molar-refractivity contribution in [2.45, 2.75) is 59.5 Å². The van der Waals surface area contributed by atoms with Crippen LogP contribution in [0.2, 0.25) is 0 Å². The molecule has 108 valence electrons. The zero-order valence-corrected chi connectivity index (χ0v) is 12.9. The maximum atomic E-state index is 4.44. The van der Waals surface area contributed by atoms with E-state index in [2.05, 4.69) is 49.0 Å². The third-order valence-electron chi connectivity index (χ3n) is 3.39. The molecule has 0 spiro atoms. The number of hydrogen-bond donors (Lipinski definition) is 1. The van der Waals surface area contributed by atoms with Gasteiger partial charge in [0.1, 0.15) is 5.82 Å². The Hall–Kier alpha value is -1.09. The molecule has 0 atom stereocenters. The van der Waals surface area contributed by atoms with Crippen LogP contribution in [-0.2, 0) is 6.54 Å². The van der Waals surface area contributed by atoms with E-state index < -0.39 is 0 Å². The monoisotopic (exact) mass is 263 g/mol. The molecule has 0 radical (unpaired) electrons. The predicted octanol–water partition coefficient (Wildman–Crippen LogP) is 3.91. The van der Waals surface area contributed by atoms with Gasteiger partial charge in [0.15, 0.2) is 0 Å². The van der Waals surface area contributed by atoms with Gasteiger partial charge in [-0.2, -0.15) is 0 Å². The fourth-order valence-electron chi connectivity index (χ4n) is 2.20. The summed E-state index contributed by atoms with van der Waals surface area (Å²) in [6.45, 7) is 12.0. The number of nitrogens with one attached hydrogen (secondary N) is 1. The van der Waals surface area contributed by atoms with Crippen molar-refractivity contribution in [3.63, 3.8) is 0 Å². The van der Waals surface area contributed by atoms with Gasteiger partial charge in [-0.1, -0.05) is 25.8 Å². The highest BCUT2D eigenvalue weighted by atomic mass is 15.1. The van der Waals surface area contributed by atoms with Crippen molar-refractivity contribution >= 4 is 5.82 Å². The Bertz CT molecular complexity index is 350. The summed E-state index contributed by atoms with van der Waals surface area (Å²) in [5.74, 6) is 1.03. The highest BCUT2D eigenvalue weighted by molar-refractivity contribution is 5.43. The Morgan fingerprint density at radius 1 is 1.26 bits per heavy atom. The Morgan fingerprint density at radius 2 is 2.05 bits per heavy atom. The van der Waals surface area contributed by atoms with Gasteiger partial charge >= 0.3 is 0 Å². The van der Waals surface area contributed by atoms with Gasteiger partial charge in [0.2, 0.25) is 0 Å². The van der Waals surface area contributed by atoms with E-state index in [1.54, 1.807) is 0 Å². The van der Waals surface area contributed by atoms with Gasteiger partial charge in [-0.15, -0.1) is 0 Å². The third kappa shape index (κ3) is 5.60. The quantitative estimate of drug-likeness (QED) is 0.685. The SMILES string of the molecule is CCCCCN(Cc1cccnc1NCC)C(C)C. The zero-order chi connectivity index (χ0) is 14.1. The molecule has 1 heterocycles. The van der Waals surface area contributed by atoms with Gasteiger partial charge in [-0.3, -0.25) is 4.90 Å². The Kier molecular flexibility index (Phi) is 7.49. The molecule has 0 fully saturated rings. The van der Waals surface area contributed by atoms with Gasteiger partial charge < -0.3 is 5.32 Å². The maximum absolute atomic E-state index is 4.44. The van der Waals surface area contributed by atoms with Crippen LogP contribution in [0, 0.1) is 0 Å². The summed E-state index contributed by atoms with van der Waals surface area (Å²) >= 11 is 0. The lowest BCUT2D eigenvalue weighted by atomic mass is 10.1. The van der Waals surface area contributed by atoms with E-state index in [1.807, 2.05) is 12.3 Å².